The van der Waals surface area contributed by atoms with Crippen LogP contribution in [0.5, 0.6) is 0 Å². The van der Waals surface area contributed by atoms with Gasteiger partial charge in [-0.05, 0) is 67.5 Å². The Bertz CT molecular complexity index is 1470. The number of thioether (sulfide) groups is 1. The summed E-state index contributed by atoms with van der Waals surface area (Å²) in [5, 5.41) is 13.8. The van der Waals surface area contributed by atoms with E-state index in [4.69, 9.17) is 25.9 Å². The minimum Gasteiger partial charge on any atom is -0.430 e. The van der Waals surface area contributed by atoms with E-state index in [9.17, 15) is 19.5 Å². The molecule has 1 aromatic rings. The number of aliphatic hydroxyl groups is 1. The number of aliphatic hydroxyl groups excluding tert-OH is 1. The van der Waals surface area contributed by atoms with Crippen LogP contribution in [-0.2, 0) is 30.4 Å². The summed E-state index contributed by atoms with van der Waals surface area (Å²) in [5.74, 6) is -2.03. The lowest BCUT2D eigenvalue weighted by Gasteiger charge is -2.63. The molecule has 12 heteroatoms. The monoisotopic (exact) mass is 649 g/mol. The first-order chi connectivity index (χ1) is 20.8. The van der Waals surface area contributed by atoms with E-state index in [1.54, 1.807) is 24.1 Å². The molecule has 2 aliphatic heterocycles. The molecule has 0 radical (unpaired) electrons. The van der Waals surface area contributed by atoms with Crippen molar-refractivity contribution in [3.05, 3.63) is 58.7 Å². The summed E-state index contributed by atoms with van der Waals surface area (Å²) in [7, 11) is 0. The first kappa shape index (κ1) is 30.3. The largest absolute Gasteiger partial charge is 0.508 e. The lowest BCUT2D eigenvalue weighted by atomic mass is 9.44. The van der Waals surface area contributed by atoms with Gasteiger partial charge in [-0.2, -0.15) is 5.06 Å². The number of allylic oxidation sites excluding steroid dienone is 4. The molecule has 0 spiro atoms. The van der Waals surface area contributed by atoms with Crippen LogP contribution in [0.25, 0.3) is 0 Å². The van der Waals surface area contributed by atoms with Gasteiger partial charge in [0.2, 0.25) is 5.12 Å². The van der Waals surface area contributed by atoms with Crippen molar-refractivity contribution in [2.45, 2.75) is 69.3 Å². The molecular weight excluding hydrogens is 616 g/mol. The minimum absolute atomic E-state index is 0.0342. The molecule has 1 aromatic carbocycles. The molecule has 2 heterocycles. The van der Waals surface area contributed by atoms with Crippen molar-refractivity contribution in [2.24, 2.45) is 28.6 Å². The van der Waals surface area contributed by atoms with Crippen molar-refractivity contribution >= 4 is 40.4 Å². The molecule has 0 aromatic heterocycles. The number of cyclic esters (lactones) is 2. The highest BCUT2D eigenvalue weighted by atomic mass is 35.5. The second-order valence-electron chi connectivity index (χ2n) is 13.5. The molecule has 8 nitrogen and oxygen atoms in total. The van der Waals surface area contributed by atoms with Gasteiger partial charge in [0.1, 0.15) is 18.9 Å². The van der Waals surface area contributed by atoms with Gasteiger partial charge < -0.3 is 14.6 Å². The zero-order chi connectivity index (χ0) is 31.2. The number of halogens is 3. The molecule has 7 rings (SSSR count). The summed E-state index contributed by atoms with van der Waals surface area (Å²) in [5.41, 5.74) is -5.28. The molecule has 1 unspecified atom stereocenters. The lowest BCUT2D eigenvalue weighted by molar-refractivity contribution is -0.266. The van der Waals surface area contributed by atoms with Gasteiger partial charge in [0.05, 0.1) is 6.10 Å². The van der Waals surface area contributed by atoms with Gasteiger partial charge in [-0.3, -0.25) is 14.4 Å². The number of hydroxylamine groups is 2. The van der Waals surface area contributed by atoms with E-state index in [2.05, 4.69) is 0 Å². The van der Waals surface area contributed by atoms with E-state index >= 15 is 8.78 Å². The predicted octanol–water partition coefficient (Wildman–Crippen LogP) is 5.17. The van der Waals surface area contributed by atoms with Crippen molar-refractivity contribution in [1.82, 2.24) is 5.06 Å². The van der Waals surface area contributed by atoms with Crippen LogP contribution in [0, 0.1) is 28.6 Å². The number of carbonyl (C=O) groups is 3. The molecule has 236 valence electrons. The SMILES string of the molecule is C[C@]12C=CC(=O)C=C1[C@@H](F)C[C@H]1[C@@H]3C[C@H]4CN(Cc5ccc(Cl)cc5)O[C@@]4(C(=O)SCC4COC(=O)O4)[C@@]3(C)C[C@H](O)[C@@]12F. The number of fused-ring (bicyclic) bond motifs is 7. The fourth-order valence-corrected chi connectivity index (χ4v) is 10.6. The summed E-state index contributed by atoms with van der Waals surface area (Å²) in [6.07, 6.45) is -0.575. The van der Waals surface area contributed by atoms with Crippen molar-refractivity contribution < 1.29 is 42.6 Å². The Kier molecular flexibility index (Phi) is 7.14. The van der Waals surface area contributed by atoms with Crippen LogP contribution in [0.3, 0.4) is 0 Å². The van der Waals surface area contributed by atoms with E-state index in [0.29, 0.717) is 24.5 Å². The number of hydrogen-bond acceptors (Lipinski definition) is 9. The Morgan fingerprint density at radius 3 is 2.64 bits per heavy atom. The molecule has 5 fully saturated rings. The molecule has 10 atom stereocenters. The number of benzene rings is 1. The first-order valence-corrected chi connectivity index (χ1v) is 16.3. The Morgan fingerprint density at radius 1 is 1.18 bits per heavy atom. The Hall–Kier alpha value is -2.31. The maximum atomic E-state index is 17.7. The second kappa shape index (κ2) is 10.4. The van der Waals surface area contributed by atoms with Crippen LogP contribution >= 0.6 is 23.4 Å². The van der Waals surface area contributed by atoms with Crippen LogP contribution in [0.15, 0.2) is 48.1 Å². The summed E-state index contributed by atoms with van der Waals surface area (Å²) in [4.78, 5) is 44.8. The highest BCUT2D eigenvalue weighted by Crippen LogP contribution is 2.73. The van der Waals surface area contributed by atoms with Crippen LogP contribution in [-0.4, -0.2) is 75.8 Å². The Labute approximate surface area is 263 Å². The van der Waals surface area contributed by atoms with E-state index in [1.807, 2.05) is 19.1 Å². The fraction of sp³-hybridized carbons (Fsp3) is 0.594. The molecule has 0 bridgehead atoms. The minimum atomic E-state index is -2.25. The van der Waals surface area contributed by atoms with Gasteiger partial charge in [-0.15, -0.1) is 0 Å². The number of carbonyl (C=O) groups excluding carboxylic acids is 3. The van der Waals surface area contributed by atoms with Crippen molar-refractivity contribution in [3.63, 3.8) is 0 Å². The zero-order valence-corrected chi connectivity index (χ0v) is 25.9. The number of hydrogen-bond donors (Lipinski definition) is 1. The van der Waals surface area contributed by atoms with Crippen molar-refractivity contribution in [2.75, 3.05) is 18.9 Å². The number of rotatable bonds is 5. The lowest BCUT2D eigenvalue weighted by Crippen LogP contribution is -2.70. The third-order valence-corrected chi connectivity index (χ3v) is 12.7. The average Bonchev–Trinajstić information content (AvgIpc) is 3.63. The normalized spacial score (nSPS) is 44.3. The summed E-state index contributed by atoms with van der Waals surface area (Å²) in [6.45, 7) is 4.21. The average molecular weight is 650 g/mol. The molecule has 3 saturated carbocycles. The maximum Gasteiger partial charge on any atom is 0.508 e. The Morgan fingerprint density at radius 2 is 1.93 bits per heavy atom. The molecular formula is C32H34ClF2NO7S. The molecule has 1 N–H and O–H groups in total. The first-order valence-electron chi connectivity index (χ1n) is 15.0. The smallest absolute Gasteiger partial charge is 0.430 e. The van der Waals surface area contributed by atoms with Gasteiger partial charge in [-0.1, -0.05) is 48.5 Å². The standard InChI is InChI=1S/C32H34ClF2NO7S/c1-29-8-7-20(37)10-24(29)25(34)11-23-22-9-18-14-36(13-17-3-5-19(33)6-4-17)43-32(18,30(22,2)12-26(38)31(23,29)35)27(39)44-16-21-15-41-28(40)42-21/h3-8,10,18,21-23,25-26,38H,9,11-16H2,1-2H3/t18-,21?,22-,23-,25-,26-,29-,30-,31-,32-/m0/s1. The zero-order valence-electron chi connectivity index (χ0n) is 24.3. The number of nitrogens with zero attached hydrogens (tertiary/aromatic N) is 1. The molecule has 2 saturated heterocycles. The highest BCUT2D eigenvalue weighted by molar-refractivity contribution is 8.13. The van der Waals surface area contributed by atoms with E-state index in [-0.39, 0.29) is 41.8 Å². The molecule has 4 aliphatic carbocycles. The summed E-state index contributed by atoms with van der Waals surface area (Å²) >= 11 is 7.06. The molecule has 6 aliphatic rings. The second-order valence-corrected chi connectivity index (χ2v) is 14.9. The van der Waals surface area contributed by atoms with E-state index in [1.165, 1.54) is 18.2 Å². The summed E-state index contributed by atoms with van der Waals surface area (Å²) in [6, 6.07) is 7.30. The van der Waals surface area contributed by atoms with E-state index in [0.717, 1.165) is 17.3 Å². The van der Waals surface area contributed by atoms with Gasteiger partial charge >= 0.3 is 6.16 Å². The third kappa shape index (κ3) is 4.15. The van der Waals surface area contributed by atoms with E-state index < -0.39 is 64.3 Å². The van der Waals surface area contributed by atoms with Gasteiger partial charge in [0.15, 0.2) is 17.1 Å². The number of ether oxygens (including phenoxy) is 2. The van der Waals surface area contributed by atoms with Crippen LogP contribution < -0.4 is 0 Å². The predicted molar refractivity (Wildman–Crippen MR) is 157 cm³/mol. The number of alkyl halides is 2. The summed E-state index contributed by atoms with van der Waals surface area (Å²) < 4.78 is 43.6. The third-order valence-electron chi connectivity index (χ3n) is 11.3. The molecule has 44 heavy (non-hydrogen) atoms. The van der Waals surface area contributed by atoms with Crippen molar-refractivity contribution in [1.29, 1.82) is 0 Å². The fourth-order valence-electron chi connectivity index (χ4n) is 9.27. The topological polar surface area (TPSA) is 102 Å². The highest BCUT2D eigenvalue weighted by Gasteiger charge is 2.79. The van der Waals surface area contributed by atoms with Gasteiger partial charge in [0.25, 0.3) is 0 Å². The van der Waals surface area contributed by atoms with Crippen molar-refractivity contribution in [3.8, 4) is 0 Å². The molecule has 0 amide bonds. The van der Waals surface area contributed by atoms with Gasteiger partial charge in [0, 0.05) is 46.5 Å². The number of ketones is 1. The van der Waals surface area contributed by atoms with Crippen LogP contribution in [0.2, 0.25) is 5.02 Å². The quantitative estimate of drug-likeness (QED) is 0.433. The van der Waals surface area contributed by atoms with Crippen LogP contribution in [0.4, 0.5) is 13.6 Å². The maximum absolute atomic E-state index is 17.7. The van der Waals surface area contributed by atoms with Crippen LogP contribution in [0.1, 0.15) is 38.7 Å². The van der Waals surface area contributed by atoms with Gasteiger partial charge in [-0.25, -0.2) is 13.6 Å². The Balaban J connectivity index is 1.25.